The quantitative estimate of drug-likeness (QED) is 0.864. The summed E-state index contributed by atoms with van der Waals surface area (Å²) in [7, 11) is 0. The van der Waals surface area contributed by atoms with Crippen molar-refractivity contribution in [1.29, 1.82) is 0 Å². The van der Waals surface area contributed by atoms with Crippen molar-refractivity contribution in [3.8, 4) is 0 Å². The fourth-order valence-corrected chi connectivity index (χ4v) is 3.54. The van der Waals surface area contributed by atoms with Gasteiger partial charge in [-0.15, -0.1) is 0 Å². The summed E-state index contributed by atoms with van der Waals surface area (Å²) in [5, 5.41) is 13.5. The molecular weight excluding hydrogens is 250 g/mol. The molecule has 2 heterocycles. The standard InChI is InChI=1S/C17H21NO2/c1-15(2)11-17(19,16(3,4)20-15)14-7-5-6-12-10-18-9-8-13(12)14/h5-10,19H,11H2,1-4H3. The molecule has 3 heteroatoms. The van der Waals surface area contributed by atoms with Crippen LogP contribution in [-0.4, -0.2) is 21.3 Å². The summed E-state index contributed by atoms with van der Waals surface area (Å²) in [6.07, 6.45) is 4.17. The van der Waals surface area contributed by atoms with Crippen molar-refractivity contribution in [2.45, 2.75) is 50.9 Å². The molecule has 0 amide bonds. The maximum absolute atomic E-state index is 11.4. The van der Waals surface area contributed by atoms with E-state index >= 15 is 0 Å². The van der Waals surface area contributed by atoms with Gasteiger partial charge < -0.3 is 9.84 Å². The third-order valence-corrected chi connectivity index (χ3v) is 4.34. The Bertz CT molecular complexity index is 658. The van der Waals surface area contributed by atoms with E-state index in [1.54, 1.807) is 6.20 Å². The second-order valence-electron chi connectivity index (χ2n) is 6.81. The predicted molar refractivity (Wildman–Crippen MR) is 79.5 cm³/mol. The van der Waals surface area contributed by atoms with E-state index in [-0.39, 0.29) is 5.60 Å². The molecule has 3 nitrogen and oxygen atoms in total. The van der Waals surface area contributed by atoms with Crippen LogP contribution in [0.1, 0.15) is 39.7 Å². The molecule has 1 aliphatic rings. The van der Waals surface area contributed by atoms with E-state index < -0.39 is 11.2 Å². The van der Waals surface area contributed by atoms with Gasteiger partial charge in [-0.2, -0.15) is 0 Å². The minimum Gasteiger partial charge on any atom is -0.382 e. The van der Waals surface area contributed by atoms with Gasteiger partial charge >= 0.3 is 0 Å². The lowest BCUT2D eigenvalue weighted by Gasteiger charge is -2.36. The minimum absolute atomic E-state index is 0.340. The molecule has 1 N–H and O–H groups in total. The minimum atomic E-state index is -1.00. The second kappa shape index (κ2) is 4.03. The lowest BCUT2D eigenvalue weighted by molar-refractivity contribution is -0.129. The summed E-state index contributed by atoms with van der Waals surface area (Å²) in [6, 6.07) is 7.95. The van der Waals surface area contributed by atoms with E-state index in [0.29, 0.717) is 6.42 Å². The maximum Gasteiger partial charge on any atom is 0.121 e. The Hall–Kier alpha value is -1.45. The molecule has 3 rings (SSSR count). The Morgan fingerprint density at radius 3 is 2.55 bits per heavy atom. The molecule has 1 aromatic carbocycles. The summed E-state index contributed by atoms with van der Waals surface area (Å²) in [6.45, 7) is 7.97. The van der Waals surface area contributed by atoms with E-state index in [1.165, 1.54) is 0 Å². The number of ether oxygens (including phenoxy) is 1. The zero-order chi connectivity index (χ0) is 14.6. The monoisotopic (exact) mass is 271 g/mol. The number of aliphatic hydroxyl groups is 1. The molecule has 2 aromatic rings. The second-order valence-corrected chi connectivity index (χ2v) is 6.81. The first-order valence-corrected chi connectivity index (χ1v) is 7.01. The molecule has 0 radical (unpaired) electrons. The van der Waals surface area contributed by atoms with Crippen molar-refractivity contribution < 1.29 is 9.84 Å². The van der Waals surface area contributed by atoms with E-state index in [2.05, 4.69) is 4.98 Å². The summed E-state index contributed by atoms with van der Waals surface area (Å²) >= 11 is 0. The molecule has 1 unspecified atom stereocenters. The lowest BCUT2D eigenvalue weighted by atomic mass is 9.75. The van der Waals surface area contributed by atoms with Gasteiger partial charge in [0.2, 0.25) is 0 Å². The number of hydrogen-bond acceptors (Lipinski definition) is 3. The summed E-state index contributed by atoms with van der Waals surface area (Å²) in [5.74, 6) is 0. The third-order valence-electron chi connectivity index (χ3n) is 4.34. The fraction of sp³-hybridized carbons (Fsp3) is 0.471. The topological polar surface area (TPSA) is 42.4 Å². The highest BCUT2D eigenvalue weighted by Gasteiger charge is 2.57. The number of benzene rings is 1. The van der Waals surface area contributed by atoms with E-state index in [0.717, 1.165) is 16.3 Å². The molecule has 1 fully saturated rings. The average molecular weight is 271 g/mol. The van der Waals surface area contributed by atoms with Crippen LogP contribution < -0.4 is 0 Å². The lowest BCUT2D eigenvalue weighted by Crippen LogP contribution is -2.43. The van der Waals surface area contributed by atoms with Gasteiger partial charge in [-0.25, -0.2) is 0 Å². The molecule has 20 heavy (non-hydrogen) atoms. The van der Waals surface area contributed by atoms with Crippen LogP contribution in [0, 0.1) is 0 Å². The molecule has 1 aromatic heterocycles. The van der Waals surface area contributed by atoms with Gasteiger partial charge in [0.15, 0.2) is 0 Å². The molecule has 1 atom stereocenters. The Morgan fingerprint density at radius 2 is 1.90 bits per heavy atom. The molecule has 0 aliphatic carbocycles. The van der Waals surface area contributed by atoms with Gasteiger partial charge in [0.1, 0.15) is 5.60 Å². The fourth-order valence-electron chi connectivity index (χ4n) is 3.54. The summed E-state index contributed by atoms with van der Waals surface area (Å²) in [5.41, 5.74) is -1.05. The van der Waals surface area contributed by atoms with Crippen LogP contribution in [0.15, 0.2) is 36.7 Å². The predicted octanol–water partition coefficient (Wildman–Crippen LogP) is 3.40. The third kappa shape index (κ3) is 1.85. The molecule has 0 bridgehead atoms. The average Bonchev–Trinajstić information content (AvgIpc) is 2.53. The van der Waals surface area contributed by atoms with Crippen LogP contribution in [0.3, 0.4) is 0 Å². The van der Waals surface area contributed by atoms with Crippen LogP contribution in [0.25, 0.3) is 10.8 Å². The number of fused-ring (bicyclic) bond motifs is 1. The first kappa shape index (κ1) is 13.5. The van der Waals surface area contributed by atoms with Gasteiger partial charge in [0.25, 0.3) is 0 Å². The van der Waals surface area contributed by atoms with Gasteiger partial charge in [0, 0.05) is 24.2 Å². The molecular formula is C17H21NO2. The van der Waals surface area contributed by atoms with Gasteiger partial charge in [-0.1, -0.05) is 18.2 Å². The molecule has 1 aliphatic heterocycles. The molecule has 106 valence electrons. The Labute approximate surface area is 119 Å². The highest BCUT2D eigenvalue weighted by molar-refractivity contribution is 5.85. The van der Waals surface area contributed by atoms with Gasteiger partial charge in [-0.05, 0) is 44.7 Å². The van der Waals surface area contributed by atoms with Crippen molar-refractivity contribution in [2.24, 2.45) is 0 Å². The van der Waals surface area contributed by atoms with E-state index in [4.69, 9.17) is 4.74 Å². The van der Waals surface area contributed by atoms with Crippen LogP contribution >= 0.6 is 0 Å². The van der Waals surface area contributed by atoms with Gasteiger partial charge in [-0.3, -0.25) is 4.98 Å². The maximum atomic E-state index is 11.4. The van der Waals surface area contributed by atoms with Crippen molar-refractivity contribution in [3.63, 3.8) is 0 Å². The molecule has 0 spiro atoms. The largest absolute Gasteiger partial charge is 0.382 e. The van der Waals surface area contributed by atoms with Crippen molar-refractivity contribution in [3.05, 3.63) is 42.2 Å². The van der Waals surface area contributed by atoms with Gasteiger partial charge in [0.05, 0.1) is 11.2 Å². The number of hydrogen-bond donors (Lipinski definition) is 1. The first-order valence-electron chi connectivity index (χ1n) is 7.01. The number of rotatable bonds is 1. The molecule has 1 saturated heterocycles. The van der Waals surface area contributed by atoms with Crippen LogP contribution in [-0.2, 0) is 10.3 Å². The van der Waals surface area contributed by atoms with Crippen molar-refractivity contribution in [2.75, 3.05) is 0 Å². The number of pyridine rings is 1. The molecule has 0 saturated carbocycles. The van der Waals surface area contributed by atoms with E-state index in [1.807, 2.05) is 58.2 Å². The van der Waals surface area contributed by atoms with Crippen LogP contribution in [0.4, 0.5) is 0 Å². The SMILES string of the molecule is CC1(C)CC(O)(c2cccc3cnccc23)C(C)(C)O1. The number of aromatic nitrogens is 1. The van der Waals surface area contributed by atoms with Crippen LogP contribution in [0.2, 0.25) is 0 Å². The Morgan fingerprint density at radius 1 is 1.15 bits per heavy atom. The van der Waals surface area contributed by atoms with Crippen LogP contribution in [0.5, 0.6) is 0 Å². The highest BCUT2D eigenvalue weighted by Crippen LogP contribution is 2.52. The smallest absolute Gasteiger partial charge is 0.121 e. The zero-order valence-electron chi connectivity index (χ0n) is 12.5. The summed E-state index contributed by atoms with van der Waals surface area (Å²) < 4.78 is 6.09. The highest BCUT2D eigenvalue weighted by atomic mass is 16.5. The first-order chi connectivity index (χ1) is 9.25. The van der Waals surface area contributed by atoms with Crippen molar-refractivity contribution in [1.82, 2.24) is 4.98 Å². The number of nitrogens with zero attached hydrogens (tertiary/aromatic N) is 1. The van der Waals surface area contributed by atoms with Crippen molar-refractivity contribution >= 4 is 10.8 Å². The van der Waals surface area contributed by atoms with E-state index in [9.17, 15) is 5.11 Å². The Kier molecular flexibility index (Phi) is 2.72. The summed E-state index contributed by atoms with van der Waals surface area (Å²) in [4.78, 5) is 4.16. The normalized spacial score (nSPS) is 27.9. The zero-order valence-corrected chi connectivity index (χ0v) is 12.5. The Balaban J connectivity index is 2.25.